The number of aromatic nitrogens is 1. The zero-order valence-electron chi connectivity index (χ0n) is 16.5. The van der Waals surface area contributed by atoms with Gasteiger partial charge in [-0.05, 0) is 30.3 Å². The Morgan fingerprint density at radius 2 is 1.76 bits per heavy atom. The number of benzene rings is 2. The van der Waals surface area contributed by atoms with E-state index in [1.807, 2.05) is 22.8 Å². The monoisotopic (exact) mass is 480 g/mol. The zero-order chi connectivity index (χ0) is 21.0. The molecular formula is C20H21BrN2O5S. The van der Waals surface area contributed by atoms with E-state index in [1.165, 1.54) is 32.7 Å². The number of thiazole rings is 1. The van der Waals surface area contributed by atoms with E-state index in [4.69, 9.17) is 18.9 Å². The second kappa shape index (κ2) is 9.43. The minimum absolute atomic E-state index is 0.344. The Balaban J connectivity index is 2.12. The minimum Gasteiger partial charge on any atom is -0.493 e. The number of hydrogen-bond acceptors (Lipinski definition) is 6. The predicted molar refractivity (Wildman–Crippen MR) is 115 cm³/mol. The molecule has 0 N–H and O–H groups in total. The van der Waals surface area contributed by atoms with Crippen LogP contribution in [0.2, 0.25) is 0 Å². The molecular weight excluding hydrogens is 460 g/mol. The second-order valence-electron chi connectivity index (χ2n) is 5.97. The first-order valence-corrected chi connectivity index (χ1v) is 10.3. The lowest BCUT2D eigenvalue weighted by Crippen LogP contribution is -2.19. The summed E-state index contributed by atoms with van der Waals surface area (Å²) in [5, 5.41) is 0. The molecule has 1 aromatic heterocycles. The molecule has 1 amide bonds. The second-order valence-corrected chi connectivity index (χ2v) is 7.90. The summed E-state index contributed by atoms with van der Waals surface area (Å²) < 4.78 is 25.2. The highest BCUT2D eigenvalue weighted by atomic mass is 79.9. The van der Waals surface area contributed by atoms with Crippen LogP contribution in [-0.4, -0.2) is 45.5 Å². The number of nitrogens with zero attached hydrogens (tertiary/aromatic N) is 2. The molecule has 29 heavy (non-hydrogen) atoms. The van der Waals surface area contributed by atoms with E-state index in [2.05, 4.69) is 20.9 Å². The van der Waals surface area contributed by atoms with Gasteiger partial charge in [-0.3, -0.25) is 4.79 Å². The average Bonchev–Trinajstić information content (AvgIpc) is 3.06. The van der Waals surface area contributed by atoms with Crippen molar-refractivity contribution in [2.45, 2.75) is 6.54 Å². The van der Waals surface area contributed by atoms with Crippen LogP contribution in [0.3, 0.4) is 0 Å². The standard InChI is InChI=1S/C20H21BrN2O5S/c1-25-8-7-23-14-6-5-13(21)11-17(14)29-20(23)22-19(24)12-9-15(26-2)18(28-4)16(10-12)27-3/h5-6,9-11H,7-8H2,1-4H3. The molecule has 0 fully saturated rings. The van der Waals surface area contributed by atoms with Gasteiger partial charge in [0.15, 0.2) is 16.3 Å². The fourth-order valence-corrected chi connectivity index (χ4v) is 4.49. The summed E-state index contributed by atoms with van der Waals surface area (Å²) in [4.78, 5) is 17.9. The van der Waals surface area contributed by atoms with Gasteiger partial charge in [0.2, 0.25) is 5.75 Å². The summed E-state index contributed by atoms with van der Waals surface area (Å²) in [6.07, 6.45) is 0. The van der Waals surface area contributed by atoms with Gasteiger partial charge < -0.3 is 23.5 Å². The Hall–Kier alpha value is -2.36. The summed E-state index contributed by atoms with van der Waals surface area (Å²) in [5.41, 5.74) is 1.34. The summed E-state index contributed by atoms with van der Waals surface area (Å²) in [7, 11) is 6.17. The highest BCUT2D eigenvalue weighted by molar-refractivity contribution is 9.10. The Kier molecular flexibility index (Phi) is 6.94. The summed E-state index contributed by atoms with van der Waals surface area (Å²) in [6, 6.07) is 9.15. The van der Waals surface area contributed by atoms with Crippen molar-refractivity contribution in [3.63, 3.8) is 0 Å². The number of halogens is 1. The maximum absolute atomic E-state index is 13.0. The number of carbonyl (C=O) groups excluding carboxylic acids is 1. The molecule has 1 heterocycles. The molecule has 0 aliphatic heterocycles. The van der Waals surface area contributed by atoms with Crippen molar-refractivity contribution in [3.05, 3.63) is 45.2 Å². The Morgan fingerprint density at radius 1 is 1.07 bits per heavy atom. The largest absolute Gasteiger partial charge is 0.493 e. The van der Waals surface area contributed by atoms with Gasteiger partial charge in [0.25, 0.3) is 5.91 Å². The highest BCUT2D eigenvalue weighted by Crippen LogP contribution is 2.38. The topological polar surface area (TPSA) is 71.3 Å². The summed E-state index contributed by atoms with van der Waals surface area (Å²) >= 11 is 4.93. The number of hydrogen-bond donors (Lipinski definition) is 0. The average molecular weight is 481 g/mol. The van der Waals surface area contributed by atoms with Gasteiger partial charge in [-0.1, -0.05) is 27.3 Å². The van der Waals surface area contributed by atoms with Gasteiger partial charge in [0, 0.05) is 23.7 Å². The van der Waals surface area contributed by atoms with E-state index in [0.717, 1.165) is 14.7 Å². The van der Waals surface area contributed by atoms with Crippen LogP contribution in [0.25, 0.3) is 10.2 Å². The predicted octanol–water partition coefficient (Wildman–Crippen LogP) is 3.88. The van der Waals surface area contributed by atoms with Gasteiger partial charge in [0.1, 0.15) is 0 Å². The van der Waals surface area contributed by atoms with Crippen LogP contribution in [0, 0.1) is 0 Å². The third-order valence-electron chi connectivity index (χ3n) is 4.27. The van der Waals surface area contributed by atoms with E-state index in [1.54, 1.807) is 19.2 Å². The zero-order valence-corrected chi connectivity index (χ0v) is 18.9. The lowest BCUT2D eigenvalue weighted by molar-refractivity contribution is 0.0996. The molecule has 0 saturated carbocycles. The first-order valence-electron chi connectivity index (χ1n) is 8.69. The molecule has 0 bridgehead atoms. The first kappa shape index (κ1) is 21.4. The molecule has 0 radical (unpaired) electrons. The fraction of sp³-hybridized carbons (Fsp3) is 0.300. The number of ether oxygens (including phenoxy) is 4. The van der Waals surface area contributed by atoms with Crippen LogP contribution in [-0.2, 0) is 11.3 Å². The third-order valence-corrected chi connectivity index (χ3v) is 5.81. The van der Waals surface area contributed by atoms with Gasteiger partial charge in [-0.25, -0.2) is 0 Å². The van der Waals surface area contributed by atoms with Crippen molar-refractivity contribution in [2.24, 2.45) is 4.99 Å². The van der Waals surface area contributed by atoms with E-state index >= 15 is 0 Å². The van der Waals surface area contributed by atoms with Crippen molar-refractivity contribution in [1.82, 2.24) is 4.57 Å². The molecule has 0 spiro atoms. The third kappa shape index (κ3) is 4.47. The summed E-state index contributed by atoms with van der Waals surface area (Å²) in [5.74, 6) is 0.824. The van der Waals surface area contributed by atoms with E-state index < -0.39 is 5.91 Å². The number of carbonyl (C=O) groups is 1. The van der Waals surface area contributed by atoms with Crippen LogP contribution in [0.5, 0.6) is 17.2 Å². The maximum Gasteiger partial charge on any atom is 0.279 e. The Bertz CT molecular complexity index is 1080. The fourth-order valence-electron chi connectivity index (χ4n) is 2.89. The van der Waals surface area contributed by atoms with E-state index in [-0.39, 0.29) is 0 Å². The van der Waals surface area contributed by atoms with Crippen molar-refractivity contribution in [1.29, 1.82) is 0 Å². The van der Waals surface area contributed by atoms with Crippen molar-refractivity contribution in [3.8, 4) is 17.2 Å². The number of methoxy groups -OCH3 is 4. The van der Waals surface area contributed by atoms with Crippen LogP contribution in [0.4, 0.5) is 0 Å². The van der Waals surface area contributed by atoms with E-state index in [9.17, 15) is 4.79 Å². The molecule has 2 aromatic carbocycles. The molecule has 9 heteroatoms. The van der Waals surface area contributed by atoms with Crippen LogP contribution < -0.4 is 19.0 Å². The normalized spacial score (nSPS) is 11.7. The van der Waals surface area contributed by atoms with Crippen LogP contribution in [0.15, 0.2) is 39.8 Å². The Morgan fingerprint density at radius 3 is 2.34 bits per heavy atom. The molecule has 0 saturated heterocycles. The number of fused-ring (bicyclic) bond motifs is 1. The molecule has 0 aliphatic carbocycles. The van der Waals surface area contributed by atoms with Crippen molar-refractivity contribution >= 4 is 43.4 Å². The smallest absolute Gasteiger partial charge is 0.279 e. The maximum atomic E-state index is 13.0. The summed E-state index contributed by atoms with van der Waals surface area (Å²) in [6.45, 7) is 1.09. The quantitative estimate of drug-likeness (QED) is 0.513. The molecule has 7 nitrogen and oxygen atoms in total. The van der Waals surface area contributed by atoms with Crippen molar-refractivity contribution < 1.29 is 23.7 Å². The van der Waals surface area contributed by atoms with Gasteiger partial charge in [-0.15, -0.1) is 0 Å². The van der Waals surface area contributed by atoms with Crippen LogP contribution >= 0.6 is 27.3 Å². The lowest BCUT2D eigenvalue weighted by Gasteiger charge is -2.12. The lowest BCUT2D eigenvalue weighted by atomic mass is 10.1. The number of amides is 1. The van der Waals surface area contributed by atoms with Gasteiger partial charge in [-0.2, -0.15) is 4.99 Å². The van der Waals surface area contributed by atoms with Crippen LogP contribution in [0.1, 0.15) is 10.4 Å². The minimum atomic E-state index is -0.402. The highest BCUT2D eigenvalue weighted by Gasteiger charge is 2.17. The molecule has 3 rings (SSSR count). The first-order chi connectivity index (χ1) is 14.0. The molecule has 154 valence electrons. The van der Waals surface area contributed by atoms with Crippen molar-refractivity contribution in [2.75, 3.05) is 35.0 Å². The molecule has 0 aliphatic rings. The van der Waals surface area contributed by atoms with Gasteiger partial charge in [0.05, 0.1) is 38.2 Å². The van der Waals surface area contributed by atoms with Gasteiger partial charge >= 0.3 is 0 Å². The SMILES string of the molecule is COCCn1c(=NC(=O)c2cc(OC)c(OC)c(OC)c2)sc2cc(Br)ccc21. The molecule has 0 unspecified atom stereocenters. The number of rotatable bonds is 7. The van der Waals surface area contributed by atoms with E-state index in [0.29, 0.717) is 40.8 Å². The molecule has 0 atom stereocenters. The Labute approximate surface area is 180 Å². The molecule has 3 aromatic rings.